The number of hydrogen-bond donors (Lipinski definition) is 2. The van der Waals surface area contributed by atoms with Crippen LogP contribution in [0.1, 0.15) is 55.7 Å². The maximum absolute atomic E-state index is 12.2. The van der Waals surface area contributed by atoms with Crippen LogP contribution in [0.25, 0.3) is 0 Å². The van der Waals surface area contributed by atoms with Gasteiger partial charge in [-0.1, -0.05) is 31.4 Å². The van der Waals surface area contributed by atoms with Gasteiger partial charge in [0, 0.05) is 6.04 Å². The summed E-state index contributed by atoms with van der Waals surface area (Å²) in [6.45, 7) is 0. The molecule has 2 aliphatic rings. The van der Waals surface area contributed by atoms with Crippen LogP contribution in [0, 0.1) is 0 Å². The standard InChI is InChI=1S/C17H24N2O2/c1-21-16-9-5-8-13-14(16)10-11-15(13)19-17(20)18-12-6-3-2-4-7-12/h5,8-9,12,15H,2-4,6-7,10-11H2,1H3,(H2,18,19,20). The van der Waals surface area contributed by atoms with Crippen molar-refractivity contribution in [2.45, 2.75) is 57.0 Å². The molecular formula is C17H24N2O2. The highest BCUT2D eigenvalue weighted by Gasteiger charge is 2.27. The number of nitrogens with one attached hydrogen (secondary N) is 2. The molecule has 2 N–H and O–H groups in total. The van der Waals surface area contributed by atoms with Crippen LogP contribution in [0.3, 0.4) is 0 Å². The first-order chi connectivity index (χ1) is 10.3. The van der Waals surface area contributed by atoms with E-state index in [0.29, 0.717) is 6.04 Å². The van der Waals surface area contributed by atoms with E-state index in [-0.39, 0.29) is 12.1 Å². The number of fused-ring (bicyclic) bond motifs is 1. The Balaban J connectivity index is 1.61. The number of hydrogen-bond acceptors (Lipinski definition) is 2. The highest BCUT2D eigenvalue weighted by molar-refractivity contribution is 5.75. The molecule has 1 atom stereocenters. The number of methoxy groups -OCH3 is 1. The normalized spacial score (nSPS) is 21.7. The Kier molecular flexibility index (Phi) is 4.32. The van der Waals surface area contributed by atoms with E-state index in [1.54, 1.807) is 7.11 Å². The van der Waals surface area contributed by atoms with Crippen LogP contribution in [0.15, 0.2) is 18.2 Å². The molecule has 0 saturated heterocycles. The molecule has 114 valence electrons. The summed E-state index contributed by atoms with van der Waals surface area (Å²) in [5.41, 5.74) is 2.44. The lowest BCUT2D eigenvalue weighted by Gasteiger charge is -2.24. The van der Waals surface area contributed by atoms with Crippen LogP contribution in [-0.4, -0.2) is 19.2 Å². The average molecular weight is 288 g/mol. The van der Waals surface area contributed by atoms with Gasteiger partial charge in [0.2, 0.25) is 0 Å². The predicted octanol–water partition coefficient (Wildman–Crippen LogP) is 3.31. The third kappa shape index (κ3) is 3.14. The van der Waals surface area contributed by atoms with Gasteiger partial charge >= 0.3 is 6.03 Å². The number of amides is 2. The van der Waals surface area contributed by atoms with Crippen molar-refractivity contribution < 1.29 is 9.53 Å². The van der Waals surface area contributed by atoms with Gasteiger partial charge in [-0.2, -0.15) is 0 Å². The van der Waals surface area contributed by atoms with Crippen molar-refractivity contribution >= 4 is 6.03 Å². The van der Waals surface area contributed by atoms with Crippen LogP contribution < -0.4 is 15.4 Å². The Labute approximate surface area is 126 Å². The third-order valence-electron chi connectivity index (χ3n) is 4.69. The van der Waals surface area contributed by atoms with E-state index < -0.39 is 0 Å². The highest BCUT2D eigenvalue weighted by Crippen LogP contribution is 2.36. The molecule has 1 fully saturated rings. The summed E-state index contributed by atoms with van der Waals surface area (Å²) in [5, 5.41) is 6.25. The molecule has 4 nitrogen and oxygen atoms in total. The minimum Gasteiger partial charge on any atom is -0.496 e. The lowest BCUT2D eigenvalue weighted by atomic mass is 9.96. The molecule has 0 aliphatic heterocycles. The summed E-state index contributed by atoms with van der Waals surface area (Å²) in [5.74, 6) is 0.935. The van der Waals surface area contributed by atoms with E-state index in [2.05, 4.69) is 16.7 Å². The molecule has 0 heterocycles. The van der Waals surface area contributed by atoms with E-state index in [4.69, 9.17) is 4.74 Å². The van der Waals surface area contributed by atoms with Gasteiger partial charge in [-0.15, -0.1) is 0 Å². The van der Waals surface area contributed by atoms with Crippen LogP contribution in [0.2, 0.25) is 0 Å². The third-order valence-corrected chi connectivity index (χ3v) is 4.69. The van der Waals surface area contributed by atoms with Crippen LogP contribution >= 0.6 is 0 Å². The predicted molar refractivity (Wildman–Crippen MR) is 82.6 cm³/mol. The molecular weight excluding hydrogens is 264 g/mol. The van der Waals surface area contributed by atoms with Gasteiger partial charge in [-0.3, -0.25) is 0 Å². The fourth-order valence-electron chi connectivity index (χ4n) is 3.59. The number of ether oxygens (including phenoxy) is 1. The zero-order valence-corrected chi connectivity index (χ0v) is 12.7. The minimum atomic E-state index is -0.0254. The van der Waals surface area contributed by atoms with Gasteiger partial charge in [0.1, 0.15) is 5.75 Å². The lowest BCUT2D eigenvalue weighted by molar-refractivity contribution is 0.229. The maximum Gasteiger partial charge on any atom is 0.315 e. The molecule has 1 unspecified atom stereocenters. The number of carbonyl (C=O) groups excluding carboxylic acids is 1. The SMILES string of the molecule is COc1cccc2c1CCC2NC(=O)NC1CCCCC1. The summed E-state index contributed by atoms with van der Waals surface area (Å²) in [6, 6.07) is 6.52. The van der Waals surface area contributed by atoms with Crippen molar-refractivity contribution in [3.8, 4) is 5.75 Å². The zero-order valence-electron chi connectivity index (χ0n) is 12.7. The summed E-state index contributed by atoms with van der Waals surface area (Å²) in [6.07, 6.45) is 7.91. The molecule has 0 aromatic heterocycles. The van der Waals surface area contributed by atoms with E-state index in [1.165, 1.54) is 30.4 Å². The first kappa shape index (κ1) is 14.2. The van der Waals surface area contributed by atoms with Crippen molar-refractivity contribution in [2.24, 2.45) is 0 Å². The Morgan fingerprint density at radius 1 is 1.14 bits per heavy atom. The molecule has 1 saturated carbocycles. The van der Waals surface area contributed by atoms with Crippen LogP contribution in [-0.2, 0) is 6.42 Å². The van der Waals surface area contributed by atoms with Gasteiger partial charge in [-0.05, 0) is 42.9 Å². The average Bonchev–Trinajstić information content (AvgIpc) is 2.91. The lowest BCUT2D eigenvalue weighted by Crippen LogP contribution is -2.43. The molecule has 2 aliphatic carbocycles. The molecule has 3 rings (SSSR count). The second-order valence-corrected chi connectivity index (χ2v) is 6.07. The quantitative estimate of drug-likeness (QED) is 0.896. The Hall–Kier alpha value is -1.71. The molecule has 21 heavy (non-hydrogen) atoms. The molecule has 1 aromatic carbocycles. The first-order valence-electron chi connectivity index (χ1n) is 8.00. The molecule has 0 bridgehead atoms. The smallest absolute Gasteiger partial charge is 0.315 e. The van der Waals surface area contributed by atoms with Gasteiger partial charge in [0.25, 0.3) is 0 Å². The van der Waals surface area contributed by atoms with Crippen LogP contribution in [0.4, 0.5) is 4.79 Å². The zero-order chi connectivity index (χ0) is 14.7. The fourth-order valence-corrected chi connectivity index (χ4v) is 3.59. The second kappa shape index (κ2) is 6.37. The number of rotatable bonds is 3. The largest absolute Gasteiger partial charge is 0.496 e. The van der Waals surface area contributed by atoms with Crippen LogP contribution in [0.5, 0.6) is 5.75 Å². The van der Waals surface area contributed by atoms with E-state index >= 15 is 0 Å². The van der Waals surface area contributed by atoms with E-state index in [0.717, 1.165) is 31.4 Å². The Morgan fingerprint density at radius 3 is 2.71 bits per heavy atom. The summed E-state index contributed by atoms with van der Waals surface area (Å²) < 4.78 is 5.40. The summed E-state index contributed by atoms with van der Waals surface area (Å²) in [4.78, 5) is 12.2. The monoisotopic (exact) mass is 288 g/mol. The van der Waals surface area contributed by atoms with E-state index in [9.17, 15) is 4.79 Å². The van der Waals surface area contributed by atoms with Gasteiger partial charge < -0.3 is 15.4 Å². The van der Waals surface area contributed by atoms with Crippen molar-refractivity contribution in [1.29, 1.82) is 0 Å². The van der Waals surface area contributed by atoms with Crippen molar-refractivity contribution in [1.82, 2.24) is 10.6 Å². The molecule has 0 spiro atoms. The topological polar surface area (TPSA) is 50.4 Å². The number of benzene rings is 1. The Bertz CT molecular complexity index is 510. The van der Waals surface area contributed by atoms with Crippen molar-refractivity contribution in [3.63, 3.8) is 0 Å². The van der Waals surface area contributed by atoms with E-state index in [1.807, 2.05) is 12.1 Å². The van der Waals surface area contributed by atoms with Gasteiger partial charge in [0.15, 0.2) is 0 Å². The molecule has 2 amide bonds. The van der Waals surface area contributed by atoms with Gasteiger partial charge in [0.05, 0.1) is 13.2 Å². The minimum absolute atomic E-state index is 0.0254. The second-order valence-electron chi connectivity index (χ2n) is 6.07. The summed E-state index contributed by atoms with van der Waals surface area (Å²) in [7, 11) is 1.70. The number of urea groups is 1. The first-order valence-corrected chi connectivity index (χ1v) is 8.00. The summed E-state index contributed by atoms with van der Waals surface area (Å²) >= 11 is 0. The highest BCUT2D eigenvalue weighted by atomic mass is 16.5. The van der Waals surface area contributed by atoms with Crippen molar-refractivity contribution in [2.75, 3.05) is 7.11 Å². The molecule has 1 aromatic rings. The van der Waals surface area contributed by atoms with Crippen molar-refractivity contribution in [3.05, 3.63) is 29.3 Å². The Morgan fingerprint density at radius 2 is 1.95 bits per heavy atom. The number of carbonyl (C=O) groups is 1. The molecule has 4 heteroatoms. The van der Waals surface area contributed by atoms with Gasteiger partial charge in [-0.25, -0.2) is 4.79 Å². The maximum atomic E-state index is 12.2. The molecule has 0 radical (unpaired) electrons. The fraction of sp³-hybridized carbons (Fsp3) is 0.588.